The minimum absolute atomic E-state index is 0. The Morgan fingerprint density at radius 3 is 2.81 bits per heavy atom. The molecule has 1 heterocycles. The van der Waals surface area contributed by atoms with Gasteiger partial charge in [-0.2, -0.15) is 0 Å². The van der Waals surface area contributed by atoms with E-state index in [4.69, 9.17) is 23.2 Å². The van der Waals surface area contributed by atoms with Crippen LogP contribution in [0.5, 0.6) is 0 Å². The Hall–Kier alpha value is -0.480. The van der Waals surface area contributed by atoms with Gasteiger partial charge in [0.15, 0.2) is 0 Å². The second kappa shape index (κ2) is 8.23. The lowest BCUT2D eigenvalue weighted by Crippen LogP contribution is -2.53. The second-order valence-corrected chi connectivity index (χ2v) is 6.27. The van der Waals surface area contributed by atoms with Gasteiger partial charge < -0.3 is 10.2 Å². The molecular formula is C15H21Cl3N2O. The van der Waals surface area contributed by atoms with E-state index in [1.54, 1.807) is 6.07 Å². The van der Waals surface area contributed by atoms with Gasteiger partial charge in [0.25, 0.3) is 0 Å². The summed E-state index contributed by atoms with van der Waals surface area (Å²) in [4.78, 5) is 14.5. The molecule has 2 atom stereocenters. The Balaban J connectivity index is 0.00000220. The average molecular weight is 352 g/mol. The quantitative estimate of drug-likeness (QED) is 0.905. The summed E-state index contributed by atoms with van der Waals surface area (Å²) in [6.07, 6.45) is 0.644. The molecule has 0 aliphatic carbocycles. The van der Waals surface area contributed by atoms with Crippen LogP contribution in [0.4, 0.5) is 0 Å². The van der Waals surface area contributed by atoms with Crippen molar-refractivity contribution >= 4 is 41.5 Å². The first-order valence-corrected chi connectivity index (χ1v) is 7.69. The first-order chi connectivity index (χ1) is 9.49. The molecule has 1 saturated heterocycles. The number of nitrogens with one attached hydrogen (secondary N) is 1. The number of piperazine rings is 1. The van der Waals surface area contributed by atoms with Gasteiger partial charge in [0.2, 0.25) is 5.91 Å². The highest BCUT2D eigenvalue weighted by Gasteiger charge is 2.27. The summed E-state index contributed by atoms with van der Waals surface area (Å²) < 4.78 is 0. The SMILES string of the molecule is CC(Cc1ccc(Cl)cc1Cl)C(=O)N1CCNC[C@H]1C.Cl. The molecule has 2 rings (SSSR count). The number of benzene rings is 1. The Labute approximate surface area is 142 Å². The van der Waals surface area contributed by atoms with Crippen LogP contribution in [0.3, 0.4) is 0 Å². The second-order valence-electron chi connectivity index (χ2n) is 5.43. The van der Waals surface area contributed by atoms with E-state index in [0.29, 0.717) is 16.5 Å². The highest BCUT2D eigenvalue weighted by atomic mass is 35.5. The Bertz CT molecular complexity index is 496. The van der Waals surface area contributed by atoms with Gasteiger partial charge in [0, 0.05) is 41.6 Å². The summed E-state index contributed by atoms with van der Waals surface area (Å²) in [7, 11) is 0. The molecule has 6 heteroatoms. The fraction of sp³-hybridized carbons (Fsp3) is 0.533. The number of nitrogens with zero attached hydrogens (tertiary/aromatic N) is 1. The number of rotatable bonds is 3. The molecule has 1 unspecified atom stereocenters. The molecule has 118 valence electrons. The minimum Gasteiger partial charge on any atom is -0.337 e. The first-order valence-electron chi connectivity index (χ1n) is 6.94. The molecule has 1 aromatic carbocycles. The number of amides is 1. The zero-order valence-electron chi connectivity index (χ0n) is 12.2. The van der Waals surface area contributed by atoms with Gasteiger partial charge in [-0.25, -0.2) is 0 Å². The van der Waals surface area contributed by atoms with Gasteiger partial charge in [-0.15, -0.1) is 12.4 Å². The van der Waals surface area contributed by atoms with Crippen LogP contribution in [0, 0.1) is 5.92 Å². The van der Waals surface area contributed by atoms with E-state index in [2.05, 4.69) is 12.2 Å². The van der Waals surface area contributed by atoms with Crippen molar-refractivity contribution in [2.75, 3.05) is 19.6 Å². The number of hydrogen-bond donors (Lipinski definition) is 1. The highest BCUT2D eigenvalue weighted by molar-refractivity contribution is 6.35. The number of halogens is 3. The zero-order chi connectivity index (χ0) is 14.7. The van der Waals surface area contributed by atoms with Crippen LogP contribution >= 0.6 is 35.6 Å². The summed E-state index contributed by atoms with van der Waals surface area (Å²) >= 11 is 12.1. The van der Waals surface area contributed by atoms with Gasteiger partial charge in [0.1, 0.15) is 0 Å². The average Bonchev–Trinajstić information content (AvgIpc) is 2.41. The van der Waals surface area contributed by atoms with Gasteiger partial charge in [-0.05, 0) is 31.0 Å². The van der Waals surface area contributed by atoms with Gasteiger partial charge in [0.05, 0.1) is 0 Å². The molecule has 21 heavy (non-hydrogen) atoms. The molecule has 1 aromatic rings. The number of carbonyl (C=O) groups is 1. The summed E-state index contributed by atoms with van der Waals surface area (Å²) in [6, 6.07) is 5.69. The minimum atomic E-state index is -0.0748. The first kappa shape index (κ1) is 18.6. The summed E-state index contributed by atoms with van der Waals surface area (Å²) in [5, 5.41) is 4.54. The van der Waals surface area contributed by atoms with Crippen molar-refractivity contribution in [2.24, 2.45) is 5.92 Å². The molecule has 1 N–H and O–H groups in total. The number of hydrogen-bond acceptors (Lipinski definition) is 2. The Morgan fingerprint density at radius 1 is 1.48 bits per heavy atom. The normalized spacial score (nSPS) is 19.8. The van der Waals surface area contributed by atoms with Gasteiger partial charge in [-0.1, -0.05) is 36.2 Å². The fourth-order valence-electron chi connectivity index (χ4n) is 2.56. The van der Waals surface area contributed by atoms with Crippen LogP contribution in [0.2, 0.25) is 10.0 Å². The van der Waals surface area contributed by atoms with Crippen molar-refractivity contribution in [2.45, 2.75) is 26.3 Å². The van der Waals surface area contributed by atoms with E-state index in [1.165, 1.54) is 0 Å². The van der Waals surface area contributed by atoms with Crippen LogP contribution < -0.4 is 5.32 Å². The van der Waals surface area contributed by atoms with E-state index in [1.807, 2.05) is 24.0 Å². The molecule has 1 aliphatic rings. The molecule has 3 nitrogen and oxygen atoms in total. The maximum atomic E-state index is 12.5. The van der Waals surface area contributed by atoms with Gasteiger partial charge in [-0.3, -0.25) is 4.79 Å². The molecule has 0 radical (unpaired) electrons. The summed E-state index contributed by atoms with van der Waals surface area (Å²) in [5.41, 5.74) is 0.972. The molecule has 1 fully saturated rings. The van der Waals surface area contributed by atoms with Crippen molar-refractivity contribution in [3.63, 3.8) is 0 Å². The number of carbonyl (C=O) groups excluding carboxylic acids is 1. The Kier molecular flexibility index (Phi) is 7.28. The van der Waals surface area contributed by atoms with Crippen molar-refractivity contribution in [1.29, 1.82) is 0 Å². The lowest BCUT2D eigenvalue weighted by Gasteiger charge is -2.35. The van der Waals surface area contributed by atoms with E-state index in [-0.39, 0.29) is 30.3 Å². The Morgan fingerprint density at radius 2 is 2.19 bits per heavy atom. The lowest BCUT2D eigenvalue weighted by atomic mass is 9.98. The van der Waals surface area contributed by atoms with Crippen LogP contribution in [-0.2, 0) is 11.2 Å². The molecule has 0 spiro atoms. The maximum Gasteiger partial charge on any atom is 0.226 e. The molecule has 0 saturated carbocycles. The van der Waals surface area contributed by atoms with Crippen molar-refractivity contribution in [3.05, 3.63) is 33.8 Å². The van der Waals surface area contributed by atoms with Crippen LogP contribution in [0.1, 0.15) is 19.4 Å². The molecule has 0 aromatic heterocycles. The monoisotopic (exact) mass is 350 g/mol. The maximum absolute atomic E-state index is 12.5. The zero-order valence-corrected chi connectivity index (χ0v) is 14.6. The predicted octanol–water partition coefficient (Wildman–Crippen LogP) is 3.41. The topological polar surface area (TPSA) is 32.3 Å². The van der Waals surface area contributed by atoms with Crippen LogP contribution in [-0.4, -0.2) is 36.5 Å². The third-order valence-electron chi connectivity index (χ3n) is 3.75. The third-order valence-corrected chi connectivity index (χ3v) is 4.33. The standard InChI is InChI=1S/C15H20Cl2N2O.ClH/c1-10(7-12-3-4-13(16)8-14(12)17)15(20)19-6-5-18-9-11(19)2;/h3-4,8,10-11,18H,5-7,9H2,1-2H3;1H/t10?,11-;/m1./s1. The highest BCUT2D eigenvalue weighted by Crippen LogP contribution is 2.24. The summed E-state index contributed by atoms with van der Waals surface area (Å²) in [5.74, 6) is 0.124. The van der Waals surface area contributed by atoms with E-state index < -0.39 is 0 Å². The fourth-order valence-corrected chi connectivity index (χ4v) is 3.04. The van der Waals surface area contributed by atoms with Crippen molar-refractivity contribution in [1.82, 2.24) is 10.2 Å². The van der Waals surface area contributed by atoms with Gasteiger partial charge >= 0.3 is 0 Å². The van der Waals surface area contributed by atoms with Crippen molar-refractivity contribution < 1.29 is 4.79 Å². The van der Waals surface area contributed by atoms with E-state index in [9.17, 15) is 4.79 Å². The third kappa shape index (κ3) is 4.75. The van der Waals surface area contributed by atoms with Crippen LogP contribution in [0.25, 0.3) is 0 Å². The van der Waals surface area contributed by atoms with Crippen LogP contribution in [0.15, 0.2) is 18.2 Å². The molecule has 1 aliphatic heterocycles. The molecule has 0 bridgehead atoms. The summed E-state index contributed by atoms with van der Waals surface area (Å²) in [6.45, 7) is 6.54. The van der Waals surface area contributed by atoms with E-state index in [0.717, 1.165) is 25.2 Å². The lowest BCUT2D eigenvalue weighted by molar-refractivity contribution is -0.137. The van der Waals surface area contributed by atoms with Crippen molar-refractivity contribution in [3.8, 4) is 0 Å². The molecular weight excluding hydrogens is 331 g/mol. The predicted molar refractivity (Wildman–Crippen MR) is 90.6 cm³/mol. The smallest absolute Gasteiger partial charge is 0.226 e. The van der Waals surface area contributed by atoms with E-state index >= 15 is 0 Å². The molecule has 1 amide bonds. The largest absolute Gasteiger partial charge is 0.337 e.